The van der Waals surface area contributed by atoms with E-state index < -0.39 is 45.2 Å². The lowest BCUT2D eigenvalue weighted by molar-refractivity contribution is -0.296. The molecule has 1 amide bonds. The van der Waals surface area contributed by atoms with Gasteiger partial charge in [-0.1, -0.05) is 0 Å². The lowest BCUT2D eigenvalue weighted by Gasteiger charge is -2.38. The third kappa shape index (κ3) is 5.31. The van der Waals surface area contributed by atoms with Gasteiger partial charge in [-0.2, -0.15) is 26.3 Å². The van der Waals surface area contributed by atoms with Gasteiger partial charge in [0.15, 0.2) is 0 Å². The number of halogens is 8. The summed E-state index contributed by atoms with van der Waals surface area (Å²) in [6.07, 6.45) is -12.6. The van der Waals surface area contributed by atoms with Gasteiger partial charge in [-0.25, -0.2) is 8.42 Å². The molecule has 0 aromatic heterocycles. The molecule has 5 nitrogen and oxygen atoms in total. The molecule has 14 heteroatoms. The maximum Gasteiger partial charge on any atom is 0.421 e. The van der Waals surface area contributed by atoms with E-state index in [4.69, 9.17) is 0 Å². The number of hydrogen-bond acceptors (Lipinski definition) is 4. The third-order valence-corrected chi connectivity index (χ3v) is 5.21. The van der Waals surface area contributed by atoms with Crippen molar-refractivity contribution in [2.75, 3.05) is 5.75 Å². The Hall–Kier alpha value is -0.360. The van der Waals surface area contributed by atoms with Crippen LogP contribution in [0.1, 0.15) is 10.4 Å². The molecular formula is C11H6F6I2NO4S-. The zero-order valence-corrected chi connectivity index (χ0v) is 16.6. The van der Waals surface area contributed by atoms with Crippen LogP contribution < -0.4 is 5.32 Å². The Kier molecular flexibility index (Phi) is 6.66. The molecule has 0 bridgehead atoms. The van der Waals surface area contributed by atoms with Crippen molar-refractivity contribution in [1.29, 1.82) is 0 Å². The van der Waals surface area contributed by atoms with Crippen molar-refractivity contribution >= 4 is 61.2 Å². The van der Waals surface area contributed by atoms with Crippen LogP contribution in [0.5, 0.6) is 0 Å². The topological polar surface area (TPSA) is 86.3 Å². The summed E-state index contributed by atoms with van der Waals surface area (Å²) in [6, 6.07) is 3.54. The largest absolute Gasteiger partial charge is 0.748 e. The van der Waals surface area contributed by atoms with Crippen molar-refractivity contribution in [2.24, 2.45) is 0 Å². The molecular weight excluding hydrogens is 610 g/mol. The van der Waals surface area contributed by atoms with E-state index >= 15 is 0 Å². The normalized spacial score (nSPS) is 13.6. The minimum Gasteiger partial charge on any atom is -0.748 e. The van der Waals surface area contributed by atoms with Gasteiger partial charge in [-0.3, -0.25) is 4.79 Å². The van der Waals surface area contributed by atoms with Crippen LogP contribution >= 0.6 is 45.2 Å². The number of amides is 1. The number of nitrogens with one attached hydrogen (secondary N) is 1. The molecule has 1 N–H and O–H groups in total. The Morgan fingerprint density at radius 2 is 1.56 bits per heavy atom. The van der Waals surface area contributed by atoms with E-state index in [1.54, 1.807) is 22.6 Å². The highest BCUT2D eigenvalue weighted by Gasteiger charge is 2.72. The highest BCUT2D eigenvalue weighted by Crippen LogP contribution is 2.44. The molecule has 1 aromatic rings. The van der Waals surface area contributed by atoms with Crippen molar-refractivity contribution < 1.29 is 44.1 Å². The average Bonchev–Trinajstić information content (AvgIpc) is 2.33. The van der Waals surface area contributed by atoms with E-state index in [1.807, 2.05) is 0 Å². The first-order chi connectivity index (χ1) is 11.0. The van der Waals surface area contributed by atoms with E-state index in [0.29, 0.717) is 8.89 Å². The van der Waals surface area contributed by atoms with Crippen LogP contribution in [0.15, 0.2) is 18.2 Å². The Morgan fingerprint density at radius 3 is 1.92 bits per heavy atom. The lowest BCUT2D eigenvalue weighted by Crippen LogP contribution is -2.70. The van der Waals surface area contributed by atoms with Crippen LogP contribution in [0.2, 0.25) is 0 Å². The molecule has 0 saturated heterocycles. The maximum atomic E-state index is 13.1. The third-order valence-electron chi connectivity index (χ3n) is 2.86. The molecule has 1 rings (SSSR count). The minimum absolute atomic E-state index is 0.0326. The van der Waals surface area contributed by atoms with Gasteiger partial charge < -0.3 is 9.87 Å². The summed E-state index contributed by atoms with van der Waals surface area (Å²) in [5, 5.41) is 0.668. The monoisotopic (exact) mass is 616 g/mol. The van der Waals surface area contributed by atoms with Crippen LogP contribution in [-0.2, 0) is 10.1 Å². The number of hydrogen-bond donors (Lipinski definition) is 1. The fourth-order valence-electron chi connectivity index (χ4n) is 1.70. The second-order valence-electron chi connectivity index (χ2n) is 4.68. The molecule has 0 unspecified atom stereocenters. The number of alkyl halides is 6. The molecule has 142 valence electrons. The average molecular weight is 616 g/mol. The van der Waals surface area contributed by atoms with E-state index in [1.165, 1.54) is 34.7 Å². The smallest absolute Gasteiger partial charge is 0.421 e. The Bertz CT molecular complexity index is 764. The zero-order valence-electron chi connectivity index (χ0n) is 11.5. The summed E-state index contributed by atoms with van der Waals surface area (Å²) in [6.45, 7) is 0. The molecule has 0 saturated carbocycles. The maximum absolute atomic E-state index is 13.1. The summed E-state index contributed by atoms with van der Waals surface area (Å²) in [7, 11) is -6.00. The Balaban J connectivity index is 3.50. The number of rotatable bonds is 4. The fraction of sp³-hybridized carbons (Fsp3) is 0.364. The van der Waals surface area contributed by atoms with Gasteiger partial charge in [0.1, 0.15) is 0 Å². The summed E-state index contributed by atoms with van der Waals surface area (Å²) in [5.41, 5.74) is -5.77. The molecule has 0 aliphatic rings. The van der Waals surface area contributed by atoms with E-state index in [2.05, 4.69) is 0 Å². The van der Waals surface area contributed by atoms with Crippen LogP contribution in [0.4, 0.5) is 26.3 Å². The number of carbonyl (C=O) groups excluding carboxylic acids is 1. The van der Waals surface area contributed by atoms with E-state index in [9.17, 15) is 44.1 Å². The Labute approximate surface area is 164 Å². The quantitative estimate of drug-likeness (QED) is 0.321. The van der Waals surface area contributed by atoms with Gasteiger partial charge in [0.05, 0.1) is 21.4 Å². The van der Waals surface area contributed by atoms with Crippen LogP contribution in [0.3, 0.4) is 0 Å². The second kappa shape index (κ2) is 7.34. The SMILES string of the molecule is O=C(NC(CS(=O)(=O)[O-])(C(F)(F)F)C(F)(F)F)c1ccc(I)cc1I. The summed E-state index contributed by atoms with van der Waals surface area (Å²) >= 11 is 3.31. The van der Waals surface area contributed by atoms with Crippen molar-refractivity contribution in [3.05, 3.63) is 30.9 Å². The van der Waals surface area contributed by atoms with Crippen LogP contribution in [0, 0.1) is 7.14 Å². The van der Waals surface area contributed by atoms with Crippen molar-refractivity contribution in [2.45, 2.75) is 17.9 Å². The van der Waals surface area contributed by atoms with Crippen molar-refractivity contribution in [1.82, 2.24) is 5.32 Å². The number of benzene rings is 1. The molecule has 0 aliphatic carbocycles. The van der Waals surface area contributed by atoms with Crippen LogP contribution in [-0.4, -0.2) is 42.5 Å². The molecule has 25 heavy (non-hydrogen) atoms. The first-order valence-electron chi connectivity index (χ1n) is 5.85. The number of carbonyl (C=O) groups is 1. The molecule has 0 aliphatic heterocycles. The second-order valence-corrected chi connectivity index (χ2v) is 8.49. The van der Waals surface area contributed by atoms with Gasteiger partial charge in [0.2, 0.25) is 5.54 Å². The lowest BCUT2D eigenvalue weighted by atomic mass is 9.99. The zero-order chi connectivity index (χ0) is 19.8. The van der Waals surface area contributed by atoms with Gasteiger partial charge in [-0.05, 0) is 63.4 Å². The molecule has 0 atom stereocenters. The fourth-order valence-corrected chi connectivity index (χ4v) is 4.48. The van der Waals surface area contributed by atoms with Crippen LogP contribution in [0.25, 0.3) is 0 Å². The molecule has 0 heterocycles. The molecule has 0 fully saturated rings. The first-order valence-corrected chi connectivity index (χ1v) is 9.58. The summed E-state index contributed by atoms with van der Waals surface area (Å²) in [4.78, 5) is 12.0. The van der Waals surface area contributed by atoms with E-state index in [-0.39, 0.29) is 3.57 Å². The summed E-state index contributed by atoms with van der Waals surface area (Å²) < 4.78 is 111. The van der Waals surface area contributed by atoms with E-state index in [0.717, 1.165) is 6.07 Å². The van der Waals surface area contributed by atoms with Gasteiger partial charge in [0.25, 0.3) is 5.91 Å². The van der Waals surface area contributed by atoms with Gasteiger partial charge >= 0.3 is 12.4 Å². The highest BCUT2D eigenvalue weighted by atomic mass is 127. The predicted molar refractivity (Wildman–Crippen MR) is 88.7 cm³/mol. The highest BCUT2D eigenvalue weighted by molar-refractivity contribution is 14.1. The van der Waals surface area contributed by atoms with Crippen molar-refractivity contribution in [3.8, 4) is 0 Å². The molecule has 1 aromatic carbocycles. The standard InChI is InChI=1S/C11H7F6I2NO4S/c12-10(13,14)9(11(15,16)17,4-25(22,23)24)20-8(21)6-2-1-5(18)3-7(6)19/h1-3H,4H2,(H,20,21)(H,22,23,24)/p-1. The minimum atomic E-state index is -6.28. The van der Waals surface area contributed by atoms with Crippen molar-refractivity contribution in [3.63, 3.8) is 0 Å². The van der Waals surface area contributed by atoms with Gasteiger partial charge in [0, 0.05) is 7.14 Å². The molecule has 0 radical (unpaired) electrons. The van der Waals surface area contributed by atoms with Gasteiger partial charge in [-0.15, -0.1) is 0 Å². The predicted octanol–water partition coefficient (Wildman–Crippen LogP) is 3.03. The Morgan fingerprint density at radius 1 is 1.08 bits per heavy atom. The molecule has 0 spiro atoms. The summed E-state index contributed by atoms with van der Waals surface area (Å²) in [5.74, 6) is -4.74. The first kappa shape index (κ1) is 22.7.